The summed E-state index contributed by atoms with van der Waals surface area (Å²) in [5, 5.41) is 10.2. The van der Waals surface area contributed by atoms with Crippen LogP contribution in [0.15, 0.2) is 71.2 Å². The molecule has 4 aromatic rings. The van der Waals surface area contributed by atoms with Gasteiger partial charge in [0.25, 0.3) is 0 Å². The van der Waals surface area contributed by atoms with Gasteiger partial charge < -0.3 is 0 Å². The minimum Gasteiger partial charge on any atom is -0.237 e. The van der Waals surface area contributed by atoms with Crippen molar-refractivity contribution >= 4 is 33.7 Å². The van der Waals surface area contributed by atoms with Crippen LogP contribution in [0.5, 0.6) is 0 Å². The van der Waals surface area contributed by atoms with Gasteiger partial charge >= 0.3 is 0 Å². The van der Waals surface area contributed by atoms with E-state index in [0.29, 0.717) is 22.9 Å². The first-order chi connectivity index (χ1) is 10.9. The van der Waals surface area contributed by atoms with Gasteiger partial charge in [-0.2, -0.15) is 0 Å². The molecular formula is C16H10N6. The molecule has 6 nitrogen and oxygen atoms in total. The molecule has 0 spiro atoms. The van der Waals surface area contributed by atoms with Crippen LogP contribution in [0.25, 0.3) is 22.1 Å². The molecule has 4 aromatic heterocycles. The molecule has 0 bridgehead atoms. The van der Waals surface area contributed by atoms with Crippen molar-refractivity contribution in [3.8, 4) is 0 Å². The zero-order valence-electron chi connectivity index (χ0n) is 11.5. The Morgan fingerprint density at radius 3 is 1.59 bits per heavy atom. The first-order valence-corrected chi connectivity index (χ1v) is 6.74. The fraction of sp³-hybridized carbons (Fsp3) is 0. The average molecular weight is 286 g/mol. The lowest BCUT2D eigenvalue weighted by Gasteiger charge is -1.97. The fourth-order valence-electron chi connectivity index (χ4n) is 2.10. The Morgan fingerprint density at radius 2 is 1.09 bits per heavy atom. The van der Waals surface area contributed by atoms with E-state index < -0.39 is 0 Å². The Kier molecular flexibility index (Phi) is 2.97. The van der Waals surface area contributed by atoms with Crippen LogP contribution < -0.4 is 0 Å². The van der Waals surface area contributed by atoms with Crippen LogP contribution in [-0.2, 0) is 0 Å². The van der Waals surface area contributed by atoms with E-state index in [4.69, 9.17) is 0 Å². The minimum atomic E-state index is 0.495. The van der Waals surface area contributed by atoms with Gasteiger partial charge in [-0.3, -0.25) is 0 Å². The van der Waals surface area contributed by atoms with Crippen molar-refractivity contribution in [1.29, 1.82) is 0 Å². The lowest BCUT2D eigenvalue weighted by molar-refractivity contribution is 1.12. The molecule has 0 radical (unpaired) electrons. The molecule has 0 saturated carbocycles. The van der Waals surface area contributed by atoms with Gasteiger partial charge in [0.2, 0.25) is 0 Å². The van der Waals surface area contributed by atoms with Crippen LogP contribution in [0, 0.1) is 0 Å². The molecule has 0 saturated heterocycles. The number of fused-ring (bicyclic) bond motifs is 2. The second-order valence-corrected chi connectivity index (χ2v) is 4.64. The molecule has 0 aliphatic rings. The molecule has 0 aromatic carbocycles. The summed E-state index contributed by atoms with van der Waals surface area (Å²) >= 11 is 0. The Morgan fingerprint density at radius 1 is 0.591 bits per heavy atom. The summed E-state index contributed by atoms with van der Waals surface area (Å²) in [5.74, 6) is 0.989. The van der Waals surface area contributed by atoms with E-state index in [0.717, 1.165) is 10.8 Å². The van der Waals surface area contributed by atoms with E-state index in [1.807, 2.05) is 36.4 Å². The second kappa shape index (κ2) is 5.25. The topological polar surface area (TPSA) is 76.3 Å². The molecule has 22 heavy (non-hydrogen) atoms. The van der Waals surface area contributed by atoms with Crippen LogP contribution >= 0.6 is 0 Å². The fourth-order valence-corrected chi connectivity index (χ4v) is 2.10. The third kappa shape index (κ3) is 2.37. The first kappa shape index (κ1) is 12.5. The maximum absolute atomic E-state index is 4.34. The smallest absolute Gasteiger partial charge is 0.176 e. The summed E-state index contributed by atoms with van der Waals surface area (Å²) in [4.78, 5) is 17.1. The summed E-state index contributed by atoms with van der Waals surface area (Å²) in [6.45, 7) is 0. The molecule has 0 amide bonds. The zero-order chi connectivity index (χ0) is 14.8. The van der Waals surface area contributed by atoms with Crippen molar-refractivity contribution in [2.24, 2.45) is 10.2 Å². The van der Waals surface area contributed by atoms with Gasteiger partial charge in [0.15, 0.2) is 22.9 Å². The summed E-state index contributed by atoms with van der Waals surface area (Å²) in [6, 6.07) is 15.1. The van der Waals surface area contributed by atoms with Gasteiger partial charge in [-0.05, 0) is 48.5 Å². The Balaban J connectivity index is 1.68. The highest BCUT2D eigenvalue weighted by Crippen LogP contribution is 2.19. The van der Waals surface area contributed by atoms with Crippen LogP contribution in [0.1, 0.15) is 0 Å². The van der Waals surface area contributed by atoms with Crippen molar-refractivity contribution < 1.29 is 0 Å². The lowest BCUT2D eigenvalue weighted by Crippen LogP contribution is -1.83. The number of nitrogens with zero attached hydrogens (tertiary/aromatic N) is 6. The van der Waals surface area contributed by atoms with E-state index >= 15 is 0 Å². The second-order valence-electron chi connectivity index (χ2n) is 4.64. The summed E-state index contributed by atoms with van der Waals surface area (Å²) in [7, 11) is 0. The quantitative estimate of drug-likeness (QED) is 0.522. The molecule has 0 atom stereocenters. The van der Waals surface area contributed by atoms with E-state index in [-0.39, 0.29) is 0 Å². The van der Waals surface area contributed by atoms with Crippen LogP contribution in [0.2, 0.25) is 0 Å². The monoisotopic (exact) mass is 286 g/mol. The van der Waals surface area contributed by atoms with E-state index in [1.165, 1.54) is 0 Å². The number of azo groups is 1. The third-order valence-electron chi connectivity index (χ3n) is 3.15. The van der Waals surface area contributed by atoms with Crippen molar-refractivity contribution in [1.82, 2.24) is 19.9 Å². The third-order valence-corrected chi connectivity index (χ3v) is 3.15. The highest BCUT2D eigenvalue weighted by atomic mass is 15.2. The number of hydrogen-bond donors (Lipinski definition) is 0. The van der Waals surface area contributed by atoms with Crippen molar-refractivity contribution in [2.75, 3.05) is 0 Å². The molecule has 0 aliphatic heterocycles. The summed E-state index contributed by atoms with van der Waals surface area (Å²) in [6.07, 6.45) is 3.40. The molecule has 4 rings (SSSR count). The number of pyridine rings is 4. The van der Waals surface area contributed by atoms with Crippen molar-refractivity contribution in [3.05, 3.63) is 60.9 Å². The predicted octanol–water partition coefficient (Wildman–Crippen LogP) is 3.99. The molecule has 0 unspecified atom stereocenters. The normalized spacial score (nSPS) is 11.5. The lowest BCUT2D eigenvalue weighted by atomic mass is 10.3. The van der Waals surface area contributed by atoms with Crippen LogP contribution in [0.3, 0.4) is 0 Å². The van der Waals surface area contributed by atoms with Crippen molar-refractivity contribution in [3.63, 3.8) is 0 Å². The SMILES string of the molecule is c1cnc2nc(N=Nc3ccc4cccnc4n3)ccc2c1. The molecule has 104 valence electrons. The Labute approximate surface area is 125 Å². The number of hydrogen-bond acceptors (Lipinski definition) is 6. The van der Waals surface area contributed by atoms with E-state index in [9.17, 15) is 0 Å². The first-order valence-electron chi connectivity index (χ1n) is 6.74. The summed E-state index contributed by atoms with van der Waals surface area (Å²) < 4.78 is 0. The molecular weight excluding hydrogens is 276 g/mol. The van der Waals surface area contributed by atoms with Crippen LogP contribution in [-0.4, -0.2) is 19.9 Å². The van der Waals surface area contributed by atoms with E-state index in [1.54, 1.807) is 24.5 Å². The molecule has 0 aliphatic carbocycles. The Bertz CT molecular complexity index is 914. The number of rotatable bonds is 2. The summed E-state index contributed by atoms with van der Waals surface area (Å²) in [5.41, 5.74) is 1.29. The van der Waals surface area contributed by atoms with Crippen molar-refractivity contribution in [2.45, 2.75) is 0 Å². The zero-order valence-corrected chi connectivity index (χ0v) is 11.5. The van der Waals surface area contributed by atoms with Gasteiger partial charge in [-0.1, -0.05) is 0 Å². The molecule has 6 heteroatoms. The molecule has 0 N–H and O–H groups in total. The maximum Gasteiger partial charge on any atom is 0.176 e. The van der Waals surface area contributed by atoms with Crippen LogP contribution in [0.4, 0.5) is 11.6 Å². The maximum atomic E-state index is 4.34. The van der Waals surface area contributed by atoms with E-state index in [2.05, 4.69) is 30.2 Å². The highest BCUT2D eigenvalue weighted by molar-refractivity contribution is 5.76. The number of aromatic nitrogens is 4. The van der Waals surface area contributed by atoms with Gasteiger partial charge in [-0.25, -0.2) is 19.9 Å². The Hall–Kier alpha value is -3.28. The van der Waals surface area contributed by atoms with Gasteiger partial charge in [-0.15, -0.1) is 10.2 Å². The van der Waals surface area contributed by atoms with Gasteiger partial charge in [0.05, 0.1) is 0 Å². The van der Waals surface area contributed by atoms with Gasteiger partial charge in [0, 0.05) is 23.2 Å². The van der Waals surface area contributed by atoms with Gasteiger partial charge in [0.1, 0.15) is 0 Å². The molecule has 0 fully saturated rings. The standard InChI is InChI=1S/C16H10N6/c1-3-11-5-7-13(19-15(11)17-9-1)21-22-14-8-6-12-4-2-10-18-16(12)20-14/h1-10H. The highest BCUT2D eigenvalue weighted by Gasteiger charge is 1.99. The molecule has 4 heterocycles. The largest absolute Gasteiger partial charge is 0.237 e. The average Bonchev–Trinajstić information content (AvgIpc) is 2.59. The minimum absolute atomic E-state index is 0.495. The predicted molar refractivity (Wildman–Crippen MR) is 83.3 cm³/mol.